The second kappa shape index (κ2) is 10.2. The fourth-order valence-electron chi connectivity index (χ4n) is 3.03. The zero-order valence-corrected chi connectivity index (χ0v) is 21.2. The molecule has 0 saturated heterocycles. The van der Waals surface area contributed by atoms with Crippen molar-refractivity contribution in [3.63, 3.8) is 0 Å². The number of nitrogens with zero attached hydrogens (tertiary/aromatic N) is 3. The standard InChI is InChI=1S/3C6H14NO.Sb/c3*1-6(2,8)5-7(3)4;/h3*5H2,1-4H3;/q3*-1;+3. The molecular weight excluding hydrogens is 428 g/mol. The Morgan fingerprint density at radius 2 is 0.720 bits per heavy atom. The minimum absolute atomic E-state index is 0.311. The molecule has 0 rings (SSSR count). The summed E-state index contributed by atoms with van der Waals surface area (Å²) in [6.45, 7) is 15.1. The number of likely N-dealkylation sites (N-methyl/N-ethyl adjacent to an activating group) is 3. The summed E-state index contributed by atoms with van der Waals surface area (Å²) in [5, 5.41) is 0. The molecule has 0 amide bonds. The summed E-state index contributed by atoms with van der Waals surface area (Å²) in [5.41, 5.74) is -0.932. The van der Waals surface area contributed by atoms with Crippen LogP contribution >= 0.6 is 0 Å². The topological polar surface area (TPSA) is 37.4 Å². The van der Waals surface area contributed by atoms with E-state index < -0.39 is 21.5 Å². The van der Waals surface area contributed by atoms with Gasteiger partial charge in [-0.15, -0.1) is 0 Å². The van der Waals surface area contributed by atoms with Gasteiger partial charge in [0.15, 0.2) is 0 Å². The van der Waals surface area contributed by atoms with E-state index in [1.165, 1.54) is 0 Å². The van der Waals surface area contributed by atoms with E-state index in [4.69, 9.17) is 9.05 Å². The van der Waals surface area contributed by atoms with Crippen molar-refractivity contribution in [2.45, 2.75) is 58.3 Å². The van der Waals surface area contributed by atoms with Crippen molar-refractivity contribution >= 4 is 21.5 Å². The predicted octanol–water partition coefficient (Wildman–Crippen LogP) is 2.04. The zero-order chi connectivity index (χ0) is 20.1. The summed E-state index contributed by atoms with van der Waals surface area (Å²) in [7, 11) is 12.3. The van der Waals surface area contributed by atoms with E-state index in [-0.39, 0.29) is 16.8 Å². The molecule has 0 aromatic carbocycles. The van der Waals surface area contributed by atoms with Crippen molar-refractivity contribution in [3.05, 3.63) is 0 Å². The Morgan fingerprint density at radius 3 is 0.880 bits per heavy atom. The first-order valence-corrected chi connectivity index (χ1v) is 12.0. The quantitative estimate of drug-likeness (QED) is 0.407. The SMILES string of the molecule is CN(C)CC(C)(C)[O][Sb]([O]C(C)(C)CN(C)C)[O]C(C)(C)CN(C)C. The Labute approximate surface area is 165 Å². The van der Waals surface area contributed by atoms with Gasteiger partial charge in [0.05, 0.1) is 0 Å². The van der Waals surface area contributed by atoms with Gasteiger partial charge in [0.1, 0.15) is 0 Å². The normalized spacial score (nSPS) is 14.4. The molecule has 0 saturated carbocycles. The molecule has 0 aliphatic heterocycles. The van der Waals surface area contributed by atoms with Crippen LogP contribution in [-0.2, 0) is 9.05 Å². The molecular formula is C18H42N3O3Sb. The predicted molar refractivity (Wildman–Crippen MR) is 107 cm³/mol. The summed E-state index contributed by atoms with van der Waals surface area (Å²) in [4.78, 5) is 6.40. The Morgan fingerprint density at radius 1 is 0.520 bits per heavy atom. The van der Waals surface area contributed by atoms with Crippen molar-refractivity contribution < 1.29 is 9.05 Å². The molecule has 0 aromatic heterocycles. The fourth-order valence-corrected chi connectivity index (χ4v) is 7.30. The molecule has 0 atom stereocenters. The third-order valence-electron chi connectivity index (χ3n) is 3.06. The van der Waals surface area contributed by atoms with Crippen LogP contribution in [0.5, 0.6) is 0 Å². The average molecular weight is 470 g/mol. The van der Waals surface area contributed by atoms with Crippen molar-refractivity contribution in [1.82, 2.24) is 14.7 Å². The molecule has 0 fully saturated rings. The van der Waals surface area contributed by atoms with E-state index in [2.05, 4.69) is 98.5 Å². The Balaban J connectivity index is 5.23. The Kier molecular flexibility index (Phi) is 10.4. The first-order valence-electron chi connectivity index (χ1n) is 8.85. The van der Waals surface area contributed by atoms with E-state index >= 15 is 0 Å². The van der Waals surface area contributed by atoms with E-state index in [1.54, 1.807) is 0 Å². The van der Waals surface area contributed by atoms with Crippen molar-refractivity contribution in [2.24, 2.45) is 0 Å². The molecule has 0 aliphatic carbocycles. The third kappa shape index (κ3) is 13.4. The van der Waals surface area contributed by atoms with Gasteiger partial charge in [0, 0.05) is 0 Å². The van der Waals surface area contributed by atoms with Gasteiger partial charge in [0.2, 0.25) is 0 Å². The molecule has 0 unspecified atom stereocenters. The van der Waals surface area contributed by atoms with Gasteiger partial charge in [-0.25, -0.2) is 0 Å². The minimum atomic E-state index is -2.89. The van der Waals surface area contributed by atoms with Crippen LogP contribution in [0.3, 0.4) is 0 Å². The van der Waals surface area contributed by atoms with Crippen LogP contribution in [0.1, 0.15) is 41.5 Å². The maximum atomic E-state index is 6.44. The van der Waals surface area contributed by atoms with E-state index in [1.807, 2.05) is 0 Å². The summed E-state index contributed by atoms with van der Waals surface area (Å²) in [6, 6.07) is 0. The molecule has 0 spiro atoms. The molecule has 6 nitrogen and oxygen atoms in total. The van der Waals surface area contributed by atoms with Gasteiger partial charge >= 0.3 is 165 Å². The Bertz CT molecular complexity index is 329. The number of hydrogen-bond donors (Lipinski definition) is 0. The van der Waals surface area contributed by atoms with Crippen LogP contribution < -0.4 is 0 Å². The average Bonchev–Trinajstić information content (AvgIpc) is 2.18. The molecule has 0 radical (unpaired) electrons. The fraction of sp³-hybridized carbons (Fsp3) is 1.00. The zero-order valence-electron chi connectivity index (χ0n) is 18.6. The third-order valence-corrected chi connectivity index (χ3v) is 8.56. The van der Waals surface area contributed by atoms with Crippen molar-refractivity contribution in [3.8, 4) is 0 Å². The molecule has 25 heavy (non-hydrogen) atoms. The van der Waals surface area contributed by atoms with Crippen LogP contribution in [0.4, 0.5) is 0 Å². The van der Waals surface area contributed by atoms with Crippen LogP contribution in [0.25, 0.3) is 0 Å². The van der Waals surface area contributed by atoms with Gasteiger partial charge in [-0.3, -0.25) is 0 Å². The first kappa shape index (κ1) is 25.6. The Hall–Kier alpha value is 0.578. The van der Waals surface area contributed by atoms with Crippen molar-refractivity contribution in [2.75, 3.05) is 61.9 Å². The van der Waals surface area contributed by atoms with Crippen LogP contribution in [0, 0.1) is 0 Å². The van der Waals surface area contributed by atoms with Gasteiger partial charge in [-0.1, -0.05) is 0 Å². The van der Waals surface area contributed by atoms with Gasteiger partial charge in [0.25, 0.3) is 0 Å². The van der Waals surface area contributed by atoms with E-state index in [9.17, 15) is 0 Å². The summed E-state index contributed by atoms with van der Waals surface area (Å²) in [5.74, 6) is 0. The van der Waals surface area contributed by atoms with Crippen molar-refractivity contribution in [1.29, 1.82) is 0 Å². The molecule has 0 aromatic rings. The van der Waals surface area contributed by atoms with Gasteiger partial charge in [-0.05, 0) is 0 Å². The number of hydrogen-bond acceptors (Lipinski definition) is 6. The maximum absolute atomic E-state index is 6.44. The first-order chi connectivity index (χ1) is 11.0. The molecule has 0 N–H and O–H groups in total. The molecule has 7 heteroatoms. The molecule has 152 valence electrons. The van der Waals surface area contributed by atoms with Gasteiger partial charge in [-0.2, -0.15) is 0 Å². The molecule has 0 bridgehead atoms. The van der Waals surface area contributed by atoms with E-state index in [0.717, 1.165) is 19.6 Å². The second-order valence-corrected chi connectivity index (χ2v) is 12.3. The summed E-state index contributed by atoms with van der Waals surface area (Å²) in [6.07, 6.45) is 0. The number of rotatable bonds is 12. The summed E-state index contributed by atoms with van der Waals surface area (Å²) < 4.78 is 19.3. The van der Waals surface area contributed by atoms with E-state index in [0.29, 0.717) is 0 Å². The van der Waals surface area contributed by atoms with Crippen LogP contribution in [-0.4, -0.2) is 115 Å². The molecule has 0 heterocycles. The molecule has 0 aliphatic rings. The monoisotopic (exact) mass is 469 g/mol. The second-order valence-electron chi connectivity index (χ2n) is 9.49. The van der Waals surface area contributed by atoms with Crippen LogP contribution in [0.2, 0.25) is 0 Å². The van der Waals surface area contributed by atoms with Crippen LogP contribution in [0.15, 0.2) is 0 Å². The summed E-state index contributed by atoms with van der Waals surface area (Å²) >= 11 is -2.89. The van der Waals surface area contributed by atoms with Gasteiger partial charge < -0.3 is 0 Å².